The Bertz CT molecular complexity index is 465. The van der Waals surface area contributed by atoms with Gasteiger partial charge in [-0.25, -0.2) is 0 Å². The first-order chi connectivity index (χ1) is 8.92. The standard InChI is InChI=1S/C15H17NO2/c1-2-4-12(5-3-1)10-15-17-11-14(18-15)13-6-8-16-9-7-13/h1-6,11,15-16H,7-10H2. The van der Waals surface area contributed by atoms with E-state index in [1.54, 1.807) is 6.26 Å². The Kier molecular flexibility index (Phi) is 3.33. The van der Waals surface area contributed by atoms with Crippen LogP contribution in [0.25, 0.3) is 0 Å². The van der Waals surface area contributed by atoms with E-state index in [2.05, 4.69) is 23.5 Å². The third-order valence-electron chi connectivity index (χ3n) is 3.21. The monoisotopic (exact) mass is 243 g/mol. The summed E-state index contributed by atoms with van der Waals surface area (Å²) in [4.78, 5) is 0. The molecule has 3 nitrogen and oxygen atoms in total. The lowest BCUT2D eigenvalue weighted by atomic mass is 10.1. The Hall–Kier alpha value is -1.74. The van der Waals surface area contributed by atoms with Crippen molar-refractivity contribution in [3.63, 3.8) is 0 Å². The summed E-state index contributed by atoms with van der Waals surface area (Å²) < 4.78 is 11.4. The van der Waals surface area contributed by atoms with Gasteiger partial charge in [-0.1, -0.05) is 36.4 Å². The Balaban J connectivity index is 1.59. The van der Waals surface area contributed by atoms with Crippen LogP contribution in [-0.2, 0) is 15.9 Å². The van der Waals surface area contributed by atoms with E-state index in [1.165, 1.54) is 11.1 Å². The molecule has 0 bridgehead atoms. The zero-order chi connectivity index (χ0) is 12.2. The van der Waals surface area contributed by atoms with E-state index in [1.807, 2.05) is 18.2 Å². The minimum Gasteiger partial charge on any atom is -0.458 e. The van der Waals surface area contributed by atoms with Crippen LogP contribution < -0.4 is 5.32 Å². The van der Waals surface area contributed by atoms with Gasteiger partial charge in [-0.3, -0.25) is 0 Å². The molecular weight excluding hydrogens is 226 g/mol. The maximum atomic E-state index is 5.85. The molecule has 0 saturated carbocycles. The van der Waals surface area contributed by atoms with Crippen molar-refractivity contribution in [1.29, 1.82) is 0 Å². The number of ether oxygens (including phenoxy) is 2. The van der Waals surface area contributed by atoms with Gasteiger partial charge in [0, 0.05) is 13.0 Å². The van der Waals surface area contributed by atoms with Gasteiger partial charge in [0.25, 0.3) is 0 Å². The molecule has 18 heavy (non-hydrogen) atoms. The molecular formula is C15H17NO2. The second-order valence-corrected chi connectivity index (χ2v) is 4.54. The Labute approximate surface area is 107 Å². The number of hydrogen-bond acceptors (Lipinski definition) is 3. The maximum Gasteiger partial charge on any atom is 0.244 e. The largest absolute Gasteiger partial charge is 0.458 e. The first kappa shape index (κ1) is 11.4. The van der Waals surface area contributed by atoms with Gasteiger partial charge in [0.1, 0.15) is 6.26 Å². The molecule has 0 aliphatic carbocycles. The molecule has 3 rings (SSSR count). The molecule has 2 aliphatic heterocycles. The summed E-state index contributed by atoms with van der Waals surface area (Å²) >= 11 is 0. The highest BCUT2D eigenvalue weighted by Crippen LogP contribution is 2.26. The lowest BCUT2D eigenvalue weighted by Crippen LogP contribution is -2.21. The molecule has 1 aromatic carbocycles. The van der Waals surface area contributed by atoms with Crippen molar-refractivity contribution < 1.29 is 9.47 Å². The average Bonchev–Trinajstić information content (AvgIpc) is 2.89. The lowest BCUT2D eigenvalue weighted by molar-refractivity contribution is -0.0281. The number of allylic oxidation sites excluding steroid dienone is 1. The van der Waals surface area contributed by atoms with E-state index in [-0.39, 0.29) is 6.29 Å². The van der Waals surface area contributed by atoms with Gasteiger partial charge < -0.3 is 14.8 Å². The fraction of sp³-hybridized carbons (Fsp3) is 0.333. The summed E-state index contributed by atoms with van der Waals surface area (Å²) in [7, 11) is 0. The van der Waals surface area contributed by atoms with Crippen molar-refractivity contribution in [1.82, 2.24) is 5.32 Å². The van der Waals surface area contributed by atoms with Crippen LogP contribution in [0, 0.1) is 0 Å². The molecule has 1 unspecified atom stereocenters. The normalized spacial score (nSPS) is 22.8. The van der Waals surface area contributed by atoms with Crippen LogP contribution in [0.4, 0.5) is 0 Å². The summed E-state index contributed by atoms with van der Waals surface area (Å²) in [6.07, 6.45) is 5.53. The molecule has 0 spiro atoms. The van der Waals surface area contributed by atoms with Crippen LogP contribution in [0.5, 0.6) is 0 Å². The predicted octanol–water partition coefficient (Wildman–Crippen LogP) is 2.36. The zero-order valence-corrected chi connectivity index (χ0v) is 10.3. The summed E-state index contributed by atoms with van der Waals surface area (Å²) in [5.41, 5.74) is 2.49. The Morgan fingerprint density at radius 3 is 2.89 bits per heavy atom. The van der Waals surface area contributed by atoms with Crippen molar-refractivity contribution in [3.05, 3.63) is 59.6 Å². The van der Waals surface area contributed by atoms with E-state index in [0.29, 0.717) is 0 Å². The molecule has 0 saturated heterocycles. The van der Waals surface area contributed by atoms with Gasteiger partial charge >= 0.3 is 0 Å². The van der Waals surface area contributed by atoms with Crippen molar-refractivity contribution in [2.45, 2.75) is 19.1 Å². The molecule has 0 radical (unpaired) electrons. The highest BCUT2D eigenvalue weighted by molar-refractivity contribution is 5.28. The molecule has 94 valence electrons. The molecule has 3 heteroatoms. The van der Waals surface area contributed by atoms with Gasteiger partial charge in [-0.2, -0.15) is 0 Å². The van der Waals surface area contributed by atoms with Crippen LogP contribution in [0.15, 0.2) is 54.0 Å². The first-order valence-electron chi connectivity index (χ1n) is 6.38. The van der Waals surface area contributed by atoms with Crippen LogP contribution in [0.3, 0.4) is 0 Å². The van der Waals surface area contributed by atoms with Gasteiger partial charge in [0.15, 0.2) is 5.76 Å². The quantitative estimate of drug-likeness (QED) is 0.884. The molecule has 0 fully saturated rings. The van der Waals surface area contributed by atoms with Crippen molar-refractivity contribution in [2.24, 2.45) is 0 Å². The second-order valence-electron chi connectivity index (χ2n) is 4.54. The molecule has 1 atom stereocenters. The average molecular weight is 243 g/mol. The van der Waals surface area contributed by atoms with Crippen LogP contribution in [0.2, 0.25) is 0 Å². The fourth-order valence-corrected chi connectivity index (χ4v) is 2.23. The van der Waals surface area contributed by atoms with Crippen LogP contribution >= 0.6 is 0 Å². The van der Waals surface area contributed by atoms with Crippen molar-refractivity contribution in [3.8, 4) is 0 Å². The summed E-state index contributed by atoms with van der Waals surface area (Å²) in [5.74, 6) is 0.900. The van der Waals surface area contributed by atoms with E-state index in [9.17, 15) is 0 Å². The summed E-state index contributed by atoms with van der Waals surface area (Å²) in [6, 6.07) is 10.3. The second kappa shape index (κ2) is 5.27. The van der Waals surface area contributed by atoms with Gasteiger partial charge in [-0.05, 0) is 24.1 Å². The number of nitrogens with one attached hydrogen (secondary N) is 1. The van der Waals surface area contributed by atoms with Gasteiger partial charge in [0.05, 0.1) is 0 Å². The fourth-order valence-electron chi connectivity index (χ4n) is 2.23. The van der Waals surface area contributed by atoms with Crippen LogP contribution in [0.1, 0.15) is 12.0 Å². The highest BCUT2D eigenvalue weighted by Gasteiger charge is 2.22. The van der Waals surface area contributed by atoms with E-state index in [4.69, 9.17) is 9.47 Å². The minimum absolute atomic E-state index is 0.182. The molecule has 2 heterocycles. The predicted molar refractivity (Wildman–Crippen MR) is 69.8 cm³/mol. The van der Waals surface area contributed by atoms with Gasteiger partial charge in [0.2, 0.25) is 6.29 Å². The van der Waals surface area contributed by atoms with Gasteiger partial charge in [-0.15, -0.1) is 0 Å². The number of hydrogen-bond donors (Lipinski definition) is 1. The van der Waals surface area contributed by atoms with E-state index in [0.717, 1.165) is 31.7 Å². The zero-order valence-electron chi connectivity index (χ0n) is 10.3. The minimum atomic E-state index is -0.182. The molecule has 0 aromatic heterocycles. The van der Waals surface area contributed by atoms with Crippen LogP contribution in [-0.4, -0.2) is 19.4 Å². The number of benzene rings is 1. The lowest BCUT2D eigenvalue weighted by Gasteiger charge is -2.16. The molecule has 2 aliphatic rings. The highest BCUT2D eigenvalue weighted by atomic mass is 16.7. The molecule has 0 amide bonds. The first-order valence-corrected chi connectivity index (χ1v) is 6.38. The van der Waals surface area contributed by atoms with Crippen molar-refractivity contribution in [2.75, 3.05) is 13.1 Å². The molecule has 1 aromatic rings. The third-order valence-corrected chi connectivity index (χ3v) is 3.21. The Morgan fingerprint density at radius 2 is 2.11 bits per heavy atom. The summed E-state index contributed by atoms with van der Waals surface area (Å²) in [5, 5.41) is 3.29. The van der Waals surface area contributed by atoms with Crippen molar-refractivity contribution >= 4 is 0 Å². The Morgan fingerprint density at radius 1 is 1.22 bits per heavy atom. The number of rotatable bonds is 3. The third kappa shape index (κ3) is 2.57. The van der Waals surface area contributed by atoms with E-state index < -0.39 is 0 Å². The SMILES string of the molecule is C1=C(C2=COC(Cc3ccccc3)O2)CCNC1. The maximum absolute atomic E-state index is 5.85. The molecule has 1 N–H and O–H groups in total. The topological polar surface area (TPSA) is 30.5 Å². The van der Waals surface area contributed by atoms with E-state index >= 15 is 0 Å². The summed E-state index contributed by atoms with van der Waals surface area (Å²) in [6.45, 7) is 1.93. The smallest absolute Gasteiger partial charge is 0.244 e.